The first kappa shape index (κ1) is 16.0. The largest absolute Gasteiger partial charge is 0.504 e. The van der Waals surface area contributed by atoms with Gasteiger partial charge in [0.25, 0.3) is 0 Å². The molecule has 2 N–H and O–H groups in total. The molecule has 0 amide bonds. The van der Waals surface area contributed by atoms with Crippen LogP contribution in [0.2, 0.25) is 0 Å². The summed E-state index contributed by atoms with van der Waals surface area (Å²) in [6.45, 7) is 5.71. The highest BCUT2D eigenvalue weighted by Crippen LogP contribution is 2.31. The molecule has 0 saturated heterocycles. The molecule has 0 heterocycles. The van der Waals surface area contributed by atoms with Gasteiger partial charge in [-0.3, -0.25) is 4.79 Å². The predicted octanol–water partition coefficient (Wildman–Crippen LogP) is 3.99. The predicted molar refractivity (Wildman–Crippen MR) is 81.9 cm³/mol. The van der Waals surface area contributed by atoms with Gasteiger partial charge in [-0.25, -0.2) is 0 Å². The average molecular weight is 274 g/mol. The van der Waals surface area contributed by atoms with Crippen LogP contribution in [0.15, 0.2) is 30.9 Å². The molecule has 20 heavy (non-hydrogen) atoms. The van der Waals surface area contributed by atoms with E-state index in [0.29, 0.717) is 24.0 Å². The van der Waals surface area contributed by atoms with Gasteiger partial charge in [0.1, 0.15) is 0 Å². The Bertz CT molecular complexity index is 501. The number of carbonyl (C=O) groups is 1. The lowest BCUT2D eigenvalue weighted by Crippen LogP contribution is -1.92. The second kappa shape index (κ2) is 8.20. The van der Waals surface area contributed by atoms with Crippen LogP contribution in [-0.2, 0) is 11.2 Å². The summed E-state index contributed by atoms with van der Waals surface area (Å²) in [7, 11) is 0. The first-order chi connectivity index (χ1) is 9.58. The van der Waals surface area contributed by atoms with Gasteiger partial charge in [0.2, 0.25) is 0 Å². The molecular weight excluding hydrogens is 252 g/mol. The molecule has 0 aliphatic rings. The number of benzene rings is 1. The summed E-state index contributed by atoms with van der Waals surface area (Å²) >= 11 is 0. The molecule has 108 valence electrons. The van der Waals surface area contributed by atoms with Crippen molar-refractivity contribution in [3.63, 3.8) is 0 Å². The molecule has 1 aromatic carbocycles. The fourth-order valence-electron chi connectivity index (χ4n) is 1.93. The van der Waals surface area contributed by atoms with Crippen molar-refractivity contribution in [3.05, 3.63) is 42.0 Å². The van der Waals surface area contributed by atoms with Crippen LogP contribution in [-0.4, -0.2) is 16.0 Å². The lowest BCUT2D eigenvalue weighted by molar-refractivity contribution is -0.114. The first-order valence-electron chi connectivity index (χ1n) is 6.95. The fraction of sp³-hybridized carbons (Fsp3) is 0.353. The van der Waals surface area contributed by atoms with Gasteiger partial charge in [0, 0.05) is 12.0 Å². The number of phenols is 2. The summed E-state index contributed by atoms with van der Waals surface area (Å²) in [5.41, 5.74) is 1.29. The number of unbranched alkanes of at least 4 members (excludes halogenated alkanes) is 2. The topological polar surface area (TPSA) is 57.5 Å². The van der Waals surface area contributed by atoms with Crippen LogP contribution in [0.3, 0.4) is 0 Å². The molecule has 0 fully saturated rings. The summed E-state index contributed by atoms with van der Waals surface area (Å²) in [6.07, 6.45) is 8.91. The van der Waals surface area contributed by atoms with Crippen LogP contribution in [0.1, 0.15) is 43.7 Å². The van der Waals surface area contributed by atoms with Crippen LogP contribution in [0.4, 0.5) is 0 Å². The van der Waals surface area contributed by atoms with Gasteiger partial charge >= 0.3 is 0 Å². The zero-order valence-electron chi connectivity index (χ0n) is 11.9. The van der Waals surface area contributed by atoms with Crippen LogP contribution in [0, 0.1) is 0 Å². The van der Waals surface area contributed by atoms with Gasteiger partial charge < -0.3 is 10.2 Å². The summed E-state index contributed by atoms with van der Waals surface area (Å²) < 4.78 is 0. The molecule has 0 aliphatic heterocycles. The van der Waals surface area contributed by atoms with Crippen LogP contribution in [0.25, 0.3) is 6.08 Å². The molecule has 0 aliphatic carbocycles. The van der Waals surface area contributed by atoms with E-state index in [9.17, 15) is 15.0 Å². The van der Waals surface area contributed by atoms with Crippen molar-refractivity contribution in [2.24, 2.45) is 0 Å². The minimum Gasteiger partial charge on any atom is -0.504 e. The molecule has 3 heteroatoms. The second-order valence-corrected chi connectivity index (χ2v) is 4.80. The molecule has 1 rings (SSSR count). The number of rotatable bonds is 8. The van der Waals surface area contributed by atoms with Crippen LogP contribution < -0.4 is 0 Å². The Hall–Kier alpha value is -2.03. The zero-order valence-corrected chi connectivity index (χ0v) is 11.9. The molecule has 0 saturated carbocycles. The fourth-order valence-corrected chi connectivity index (χ4v) is 1.93. The molecule has 3 nitrogen and oxygen atoms in total. The lowest BCUT2D eigenvalue weighted by Gasteiger charge is -2.06. The van der Waals surface area contributed by atoms with E-state index in [2.05, 4.69) is 13.5 Å². The Morgan fingerprint density at radius 1 is 1.30 bits per heavy atom. The minimum atomic E-state index is -0.178. The highest BCUT2D eigenvalue weighted by Gasteiger charge is 2.07. The Morgan fingerprint density at radius 3 is 2.70 bits per heavy atom. The Balaban J connectivity index is 2.76. The monoisotopic (exact) mass is 274 g/mol. The van der Waals surface area contributed by atoms with E-state index >= 15 is 0 Å². The summed E-state index contributed by atoms with van der Waals surface area (Å²) in [4.78, 5) is 11.6. The number of carbonyl (C=O) groups excluding carboxylic acids is 1. The second-order valence-electron chi connectivity index (χ2n) is 4.80. The third-order valence-corrected chi connectivity index (χ3v) is 3.04. The molecule has 0 spiro atoms. The minimum absolute atomic E-state index is 0.0799. The Kier molecular flexibility index (Phi) is 6.57. The Morgan fingerprint density at radius 2 is 2.05 bits per heavy atom. The van der Waals surface area contributed by atoms with E-state index < -0.39 is 0 Å². The summed E-state index contributed by atoms with van der Waals surface area (Å²) in [5, 5.41) is 19.3. The molecule has 0 bridgehead atoms. The molecular formula is C17H22O3. The van der Waals surface area contributed by atoms with Gasteiger partial charge in [-0.2, -0.15) is 0 Å². The van der Waals surface area contributed by atoms with Gasteiger partial charge in [0.15, 0.2) is 17.3 Å². The quantitative estimate of drug-likeness (QED) is 0.326. The molecule has 0 aromatic heterocycles. The maximum atomic E-state index is 11.6. The van der Waals surface area contributed by atoms with Crippen molar-refractivity contribution in [3.8, 4) is 11.5 Å². The normalized spacial score (nSPS) is 10.8. The SMILES string of the molecule is C=CCc1cc(/C=C/C(=O)CCCCC)cc(O)c1O. The first-order valence-corrected chi connectivity index (χ1v) is 6.95. The molecule has 0 atom stereocenters. The van der Waals surface area contributed by atoms with Crippen molar-refractivity contribution >= 4 is 11.9 Å². The number of aromatic hydroxyl groups is 2. The number of phenolic OH excluding ortho intramolecular Hbond substituents is 2. The van der Waals surface area contributed by atoms with E-state index in [0.717, 1.165) is 19.3 Å². The standard InChI is InChI=1S/C17H22O3/c1-3-5-6-8-15(18)10-9-13-11-14(7-4-2)17(20)16(19)12-13/h4,9-12,19-20H,2-3,5-8H2,1H3/b10-9+. The number of hydrogen-bond donors (Lipinski definition) is 2. The van der Waals surface area contributed by atoms with E-state index in [-0.39, 0.29) is 17.3 Å². The van der Waals surface area contributed by atoms with E-state index in [4.69, 9.17) is 0 Å². The van der Waals surface area contributed by atoms with Gasteiger partial charge in [-0.05, 0) is 36.6 Å². The van der Waals surface area contributed by atoms with Crippen LogP contribution >= 0.6 is 0 Å². The van der Waals surface area contributed by atoms with Gasteiger partial charge in [0.05, 0.1) is 0 Å². The summed E-state index contributed by atoms with van der Waals surface area (Å²) in [6, 6.07) is 3.18. The van der Waals surface area contributed by atoms with Crippen molar-refractivity contribution in [2.45, 2.75) is 39.0 Å². The third-order valence-electron chi connectivity index (χ3n) is 3.04. The highest BCUT2D eigenvalue weighted by molar-refractivity contribution is 5.93. The van der Waals surface area contributed by atoms with Crippen molar-refractivity contribution in [1.29, 1.82) is 0 Å². The third kappa shape index (κ3) is 4.92. The van der Waals surface area contributed by atoms with Crippen molar-refractivity contribution in [2.75, 3.05) is 0 Å². The number of hydrogen-bond acceptors (Lipinski definition) is 3. The smallest absolute Gasteiger partial charge is 0.161 e. The molecule has 0 radical (unpaired) electrons. The van der Waals surface area contributed by atoms with E-state index in [1.54, 1.807) is 18.2 Å². The molecule has 1 aromatic rings. The van der Waals surface area contributed by atoms with Crippen molar-refractivity contribution < 1.29 is 15.0 Å². The average Bonchev–Trinajstić information content (AvgIpc) is 2.42. The van der Waals surface area contributed by atoms with Crippen molar-refractivity contribution in [1.82, 2.24) is 0 Å². The number of ketones is 1. The van der Waals surface area contributed by atoms with E-state index in [1.165, 1.54) is 12.1 Å². The van der Waals surface area contributed by atoms with E-state index in [1.807, 2.05) is 0 Å². The maximum absolute atomic E-state index is 11.6. The highest BCUT2D eigenvalue weighted by atomic mass is 16.3. The lowest BCUT2D eigenvalue weighted by atomic mass is 10.0. The molecule has 0 unspecified atom stereocenters. The Labute approximate surface area is 120 Å². The van der Waals surface area contributed by atoms with Crippen LogP contribution in [0.5, 0.6) is 11.5 Å². The summed E-state index contributed by atoms with van der Waals surface area (Å²) in [5.74, 6) is -0.227. The van der Waals surface area contributed by atoms with Gasteiger partial charge in [-0.1, -0.05) is 31.9 Å². The maximum Gasteiger partial charge on any atom is 0.161 e. The number of allylic oxidation sites excluding steroid dienone is 2. The van der Waals surface area contributed by atoms with Gasteiger partial charge in [-0.15, -0.1) is 6.58 Å². The zero-order chi connectivity index (χ0) is 15.0.